The first kappa shape index (κ1) is 23.4. The average molecular weight is 533 g/mol. The maximum absolute atomic E-state index is 12.6. The second-order valence-electron chi connectivity index (χ2n) is 6.68. The number of piperazine rings is 1. The van der Waals surface area contributed by atoms with E-state index in [0.717, 1.165) is 24.5 Å². The summed E-state index contributed by atoms with van der Waals surface area (Å²) in [6, 6.07) is 7.60. The maximum Gasteiger partial charge on any atom is 0.242 e. The van der Waals surface area contributed by atoms with Crippen LogP contribution in [-0.2, 0) is 17.8 Å². The number of aliphatic imine (C=N–C) groups is 1. The predicted molar refractivity (Wildman–Crippen MR) is 123 cm³/mol. The molecule has 1 fully saturated rings. The highest BCUT2D eigenvalue weighted by molar-refractivity contribution is 14.0. The van der Waals surface area contributed by atoms with Crippen molar-refractivity contribution >= 4 is 47.4 Å². The fourth-order valence-corrected chi connectivity index (χ4v) is 3.21. The van der Waals surface area contributed by atoms with E-state index in [1.807, 2.05) is 34.1 Å². The van der Waals surface area contributed by atoms with Crippen molar-refractivity contribution in [2.75, 3.05) is 33.2 Å². The zero-order valence-corrected chi connectivity index (χ0v) is 19.7. The van der Waals surface area contributed by atoms with Gasteiger partial charge in [-0.1, -0.05) is 28.9 Å². The molecule has 29 heavy (non-hydrogen) atoms. The highest BCUT2D eigenvalue weighted by Crippen LogP contribution is 2.13. The van der Waals surface area contributed by atoms with Crippen molar-refractivity contribution in [2.24, 2.45) is 4.99 Å². The van der Waals surface area contributed by atoms with E-state index in [1.165, 1.54) is 0 Å². The largest absolute Gasteiger partial charge is 0.356 e. The first-order valence-electron chi connectivity index (χ1n) is 9.32. The fourth-order valence-electron chi connectivity index (χ4n) is 3.08. The lowest BCUT2D eigenvalue weighted by Crippen LogP contribution is -2.55. The predicted octanol–water partition coefficient (Wildman–Crippen LogP) is 2.50. The molecular weight excluding hydrogens is 507 g/mol. The Morgan fingerprint density at radius 2 is 2.07 bits per heavy atom. The normalized spacial score (nSPS) is 14.7. The molecule has 1 N–H and O–H groups in total. The molecule has 1 aliphatic heterocycles. The van der Waals surface area contributed by atoms with Crippen molar-refractivity contribution in [3.63, 3.8) is 0 Å². The van der Waals surface area contributed by atoms with E-state index >= 15 is 0 Å². The van der Waals surface area contributed by atoms with Crippen LogP contribution in [0.5, 0.6) is 0 Å². The summed E-state index contributed by atoms with van der Waals surface area (Å²) < 4.78 is 5.11. The Kier molecular flexibility index (Phi) is 9.15. The Hall–Kier alpha value is -1.88. The molecule has 1 saturated heterocycles. The number of amides is 1. The molecule has 3 rings (SSSR count). The number of hydrogen-bond donors (Lipinski definition) is 1. The summed E-state index contributed by atoms with van der Waals surface area (Å²) >= 11 is 5.92. The van der Waals surface area contributed by atoms with E-state index in [0.29, 0.717) is 49.3 Å². The summed E-state index contributed by atoms with van der Waals surface area (Å²) in [7, 11) is 1.73. The Labute approximate surface area is 192 Å². The van der Waals surface area contributed by atoms with Crippen molar-refractivity contribution in [2.45, 2.75) is 26.3 Å². The lowest BCUT2D eigenvalue weighted by atomic mass is 10.2. The SMILES string of the molecule is CN=C(NCCCc1nc(C)no1)N1CCN(Cc2ccc(Cl)cc2)C(=O)C1.I. The summed E-state index contributed by atoms with van der Waals surface area (Å²) in [4.78, 5) is 24.9. The molecule has 0 bridgehead atoms. The fraction of sp³-hybridized carbons (Fsp3) is 0.474. The molecule has 0 radical (unpaired) electrons. The molecular formula is C19H26ClIN6O2. The van der Waals surface area contributed by atoms with Gasteiger partial charge in [-0.05, 0) is 31.0 Å². The van der Waals surface area contributed by atoms with Crippen molar-refractivity contribution < 1.29 is 9.32 Å². The second-order valence-corrected chi connectivity index (χ2v) is 7.11. The highest BCUT2D eigenvalue weighted by atomic mass is 127. The van der Waals surface area contributed by atoms with E-state index in [1.54, 1.807) is 14.0 Å². The number of aromatic nitrogens is 2. The van der Waals surface area contributed by atoms with E-state index in [4.69, 9.17) is 16.1 Å². The number of rotatable bonds is 6. The molecule has 2 aromatic rings. The lowest BCUT2D eigenvalue weighted by Gasteiger charge is -2.36. The molecule has 1 aliphatic rings. The molecule has 10 heteroatoms. The molecule has 0 atom stereocenters. The van der Waals surface area contributed by atoms with E-state index < -0.39 is 0 Å². The molecule has 0 spiro atoms. The second kappa shape index (κ2) is 11.3. The standard InChI is InChI=1S/C19H25ClN6O2.HI/c1-14-23-17(28-24-14)4-3-9-22-19(21-2)26-11-10-25(18(27)13-26)12-15-5-7-16(20)8-6-15;/h5-8H,3-4,9-13H2,1-2H3,(H,21,22);1H. The number of benzene rings is 1. The van der Waals surface area contributed by atoms with Gasteiger partial charge in [-0.2, -0.15) is 4.98 Å². The van der Waals surface area contributed by atoms with Gasteiger partial charge in [0.05, 0.1) is 6.54 Å². The van der Waals surface area contributed by atoms with E-state index in [9.17, 15) is 4.79 Å². The number of nitrogens with zero attached hydrogens (tertiary/aromatic N) is 5. The number of guanidine groups is 1. The smallest absolute Gasteiger partial charge is 0.242 e. The van der Waals surface area contributed by atoms with Crippen molar-refractivity contribution in [3.8, 4) is 0 Å². The number of aryl methyl sites for hydroxylation is 2. The maximum atomic E-state index is 12.6. The number of hydrogen-bond acceptors (Lipinski definition) is 5. The molecule has 1 amide bonds. The van der Waals surface area contributed by atoms with Gasteiger partial charge in [0, 0.05) is 44.7 Å². The molecule has 2 heterocycles. The Balaban J connectivity index is 0.00000300. The molecule has 8 nitrogen and oxygen atoms in total. The van der Waals surface area contributed by atoms with Crippen molar-refractivity contribution in [3.05, 3.63) is 46.6 Å². The van der Waals surface area contributed by atoms with E-state index in [-0.39, 0.29) is 29.9 Å². The molecule has 0 aliphatic carbocycles. The number of carbonyl (C=O) groups is 1. The van der Waals surface area contributed by atoms with Crippen LogP contribution < -0.4 is 5.32 Å². The zero-order valence-electron chi connectivity index (χ0n) is 16.6. The minimum absolute atomic E-state index is 0. The van der Waals surface area contributed by atoms with Crippen LogP contribution in [0.3, 0.4) is 0 Å². The Morgan fingerprint density at radius 3 is 2.69 bits per heavy atom. The topological polar surface area (TPSA) is 86.9 Å². The van der Waals surface area contributed by atoms with Gasteiger partial charge < -0.3 is 19.6 Å². The minimum atomic E-state index is 0. The summed E-state index contributed by atoms with van der Waals surface area (Å²) in [5.74, 6) is 2.11. The van der Waals surface area contributed by atoms with Gasteiger partial charge in [0.15, 0.2) is 11.8 Å². The number of nitrogens with one attached hydrogen (secondary N) is 1. The first-order chi connectivity index (χ1) is 13.5. The first-order valence-corrected chi connectivity index (χ1v) is 9.70. The third-order valence-electron chi connectivity index (χ3n) is 4.54. The van der Waals surface area contributed by atoms with Crippen molar-refractivity contribution in [1.29, 1.82) is 0 Å². The van der Waals surface area contributed by atoms with Crippen LogP contribution in [-0.4, -0.2) is 65.0 Å². The van der Waals surface area contributed by atoms with Gasteiger partial charge in [-0.15, -0.1) is 24.0 Å². The van der Waals surface area contributed by atoms with Crippen LogP contribution in [0.25, 0.3) is 0 Å². The number of halogens is 2. The summed E-state index contributed by atoms with van der Waals surface area (Å²) in [6.07, 6.45) is 1.55. The van der Waals surface area contributed by atoms with Crippen molar-refractivity contribution in [1.82, 2.24) is 25.3 Å². The van der Waals surface area contributed by atoms with Gasteiger partial charge in [-0.25, -0.2) is 0 Å². The third-order valence-corrected chi connectivity index (χ3v) is 4.79. The van der Waals surface area contributed by atoms with Gasteiger partial charge in [0.25, 0.3) is 0 Å². The van der Waals surface area contributed by atoms with E-state index in [2.05, 4.69) is 20.4 Å². The highest BCUT2D eigenvalue weighted by Gasteiger charge is 2.25. The van der Waals surface area contributed by atoms with Gasteiger partial charge >= 0.3 is 0 Å². The molecule has 1 aromatic heterocycles. The Morgan fingerprint density at radius 1 is 1.31 bits per heavy atom. The molecule has 1 aromatic carbocycles. The lowest BCUT2D eigenvalue weighted by molar-refractivity contribution is -0.135. The summed E-state index contributed by atoms with van der Waals surface area (Å²) in [5.41, 5.74) is 1.07. The zero-order chi connectivity index (χ0) is 19.9. The summed E-state index contributed by atoms with van der Waals surface area (Å²) in [6.45, 7) is 4.82. The van der Waals surface area contributed by atoms with Gasteiger partial charge in [0.1, 0.15) is 0 Å². The molecule has 0 unspecified atom stereocenters. The molecule has 158 valence electrons. The third kappa shape index (κ3) is 6.84. The van der Waals surface area contributed by atoms with Gasteiger partial charge in [-0.3, -0.25) is 9.79 Å². The minimum Gasteiger partial charge on any atom is -0.356 e. The van der Waals surface area contributed by atoms with Crippen LogP contribution in [0.15, 0.2) is 33.8 Å². The monoisotopic (exact) mass is 532 g/mol. The van der Waals surface area contributed by atoms with Crippen LogP contribution in [0.2, 0.25) is 5.02 Å². The van der Waals surface area contributed by atoms with Gasteiger partial charge in [0.2, 0.25) is 11.8 Å². The van der Waals surface area contributed by atoms with Crippen LogP contribution in [0, 0.1) is 6.92 Å². The van der Waals surface area contributed by atoms with Crippen LogP contribution in [0.4, 0.5) is 0 Å². The number of carbonyl (C=O) groups excluding carboxylic acids is 1. The summed E-state index contributed by atoms with van der Waals surface area (Å²) in [5, 5.41) is 7.79. The molecule has 0 saturated carbocycles. The quantitative estimate of drug-likeness (QED) is 0.266. The van der Waals surface area contributed by atoms with Crippen LogP contribution >= 0.6 is 35.6 Å². The van der Waals surface area contributed by atoms with Crippen LogP contribution in [0.1, 0.15) is 23.7 Å². The average Bonchev–Trinajstić information content (AvgIpc) is 3.10. The Bertz CT molecular complexity index is 826.